The standard InChI is InChI=1S/C19H21ClN2O4/c1-19(2,17(23)21-13-7-5-12(20)6-8-13)18(24)22-15-10-9-14(25-3)11-16(15)26-4/h5-11H,1-4H3,(H,21,23)(H,22,24). The van der Waals surface area contributed by atoms with E-state index in [0.717, 1.165) is 0 Å². The van der Waals surface area contributed by atoms with Crippen molar-refractivity contribution in [2.45, 2.75) is 13.8 Å². The van der Waals surface area contributed by atoms with Gasteiger partial charge in [-0.2, -0.15) is 0 Å². The van der Waals surface area contributed by atoms with Crippen LogP contribution in [-0.4, -0.2) is 26.0 Å². The Hall–Kier alpha value is -2.73. The summed E-state index contributed by atoms with van der Waals surface area (Å²) in [4.78, 5) is 25.2. The molecule has 2 N–H and O–H groups in total. The third-order valence-corrected chi connectivity index (χ3v) is 4.15. The van der Waals surface area contributed by atoms with Crippen molar-refractivity contribution in [2.75, 3.05) is 24.9 Å². The molecule has 0 saturated carbocycles. The maximum atomic E-state index is 12.7. The van der Waals surface area contributed by atoms with E-state index < -0.39 is 17.2 Å². The van der Waals surface area contributed by atoms with Gasteiger partial charge in [0.2, 0.25) is 11.8 Å². The van der Waals surface area contributed by atoms with Crippen LogP contribution in [0.2, 0.25) is 5.02 Å². The Balaban J connectivity index is 2.14. The molecule has 2 aromatic rings. The van der Waals surface area contributed by atoms with E-state index in [9.17, 15) is 9.59 Å². The first kappa shape index (κ1) is 19.6. The smallest absolute Gasteiger partial charge is 0.239 e. The number of hydrogen-bond acceptors (Lipinski definition) is 4. The molecule has 0 bridgehead atoms. The van der Waals surface area contributed by atoms with Crippen molar-refractivity contribution in [3.63, 3.8) is 0 Å². The van der Waals surface area contributed by atoms with Gasteiger partial charge in [-0.15, -0.1) is 0 Å². The molecule has 0 radical (unpaired) electrons. The van der Waals surface area contributed by atoms with Crippen LogP contribution in [0, 0.1) is 5.41 Å². The second-order valence-corrected chi connectivity index (χ2v) is 6.54. The Morgan fingerprint density at radius 2 is 1.54 bits per heavy atom. The number of nitrogens with one attached hydrogen (secondary N) is 2. The molecular formula is C19H21ClN2O4. The Bertz CT molecular complexity index is 804. The van der Waals surface area contributed by atoms with Gasteiger partial charge in [0.25, 0.3) is 0 Å². The summed E-state index contributed by atoms with van der Waals surface area (Å²) in [5.41, 5.74) is -0.308. The number of rotatable bonds is 6. The fraction of sp³-hybridized carbons (Fsp3) is 0.263. The van der Waals surface area contributed by atoms with Crippen molar-refractivity contribution in [1.82, 2.24) is 0 Å². The molecule has 2 aromatic carbocycles. The van der Waals surface area contributed by atoms with Crippen molar-refractivity contribution >= 4 is 34.8 Å². The number of carbonyl (C=O) groups is 2. The van der Waals surface area contributed by atoms with Crippen LogP contribution in [0.3, 0.4) is 0 Å². The molecule has 0 fully saturated rings. The van der Waals surface area contributed by atoms with Crippen LogP contribution in [-0.2, 0) is 9.59 Å². The fourth-order valence-electron chi connectivity index (χ4n) is 2.10. The first-order valence-electron chi connectivity index (χ1n) is 7.88. The van der Waals surface area contributed by atoms with Crippen LogP contribution in [0.5, 0.6) is 11.5 Å². The topological polar surface area (TPSA) is 76.7 Å². The summed E-state index contributed by atoms with van der Waals surface area (Å²) >= 11 is 5.83. The minimum Gasteiger partial charge on any atom is -0.497 e. The number of hydrogen-bond donors (Lipinski definition) is 2. The molecule has 2 amide bonds. The van der Waals surface area contributed by atoms with Crippen molar-refractivity contribution in [3.8, 4) is 11.5 Å². The number of halogens is 1. The normalized spacial score (nSPS) is 10.8. The molecule has 0 heterocycles. The highest BCUT2D eigenvalue weighted by Crippen LogP contribution is 2.31. The molecule has 0 atom stereocenters. The van der Waals surface area contributed by atoms with Crippen molar-refractivity contribution in [3.05, 3.63) is 47.5 Å². The highest BCUT2D eigenvalue weighted by molar-refractivity contribution is 6.30. The van der Waals surface area contributed by atoms with E-state index in [1.165, 1.54) is 14.2 Å². The lowest BCUT2D eigenvalue weighted by molar-refractivity contribution is -0.135. The summed E-state index contributed by atoms with van der Waals surface area (Å²) < 4.78 is 10.4. The van der Waals surface area contributed by atoms with E-state index in [2.05, 4.69) is 10.6 Å². The monoisotopic (exact) mass is 376 g/mol. The molecule has 6 nitrogen and oxygen atoms in total. The third kappa shape index (κ3) is 4.46. The van der Waals surface area contributed by atoms with Crippen LogP contribution >= 0.6 is 11.6 Å². The maximum absolute atomic E-state index is 12.7. The number of anilines is 2. The minimum atomic E-state index is -1.31. The molecule has 0 aliphatic carbocycles. The van der Waals surface area contributed by atoms with E-state index in [1.807, 2.05) is 0 Å². The molecule has 7 heteroatoms. The number of ether oxygens (including phenoxy) is 2. The van der Waals surface area contributed by atoms with Crippen LogP contribution in [0.1, 0.15) is 13.8 Å². The summed E-state index contributed by atoms with van der Waals surface area (Å²) in [6, 6.07) is 11.7. The predicted molar refractivity (Wildman–Crippen MR) is 102 cm³/mol. The quantitative estimate of drug-likeness (QED) is 0.748. The van der Waals surface area contributed by atoms with Crippen molar-refractivity contribution in [1.29, 1.82) is 0 Å². The molecule has 0 aromatic heterocycles. The predicted octanol–water partition coefficient (Wildman–Crippen LogP) is 3.96. The summed E-state index contributed by atoms with van der Waals surface area (Å²) in [6.45, 7) is 3.09. The van der Waals surface area contributed by atoms with Gasteiger partial charge in [0.05, 0.1) is 19.9 Å². The lowest BCUT2D eigenvalue weighted by Crippen LogP contribution is -2.41. The highest BCUT2D eigenvalue weighted by atomic mass is 35.5. The minimum absolute atomic E-state index is 0.437. The van der Waals surface area contributed by atoms with Crippen LogP contribution < -0.4 is 20.1 Å². The second-order valence-electron chi connectivity index (χ2n) is 6.11. The second kappa shape index (κ2) is 8.10. The zero-order chi connectivity index (χ0) is 19.3. The van der Waals surface area contributed by atoms with Gasteiger partial charge in [-0.1, -0.05) is 11.6 Å². The van der Waals surface area contributed by atoms with E-state index in [1.54, 1.807) is 56.3 Å². The van der Waals surface area contributed by atoms with Crippen molar-refractivity contribution in [2.24, 2.45) is 5.41 Å². The first-order chi connectivity index (χ1) is 12.3. The summed E-state index contributed by atoms with van der Waals surface area (Å²) in [5.74, 6) is 0.128. The van der Waals surface area contributed by atoms with Gasteiger partial charge in [-0.25, -0.2) is 0 Å². The number of carbonyl (C=O) groups excluding carboxylic acids is 2. The van der Waals surface area contributed by atoms with Gasteiger partial charge in [-0.05, 0) is 50.2 Å². The molecule has 0 aliphatic heterocycles. The van der Waals surface area contributed by atoms with Gasteiger partial charge in [0.15, 0.2) is 0 Å². The van der Waals surface area contributed by atoms with Crippen LogP contribution in [0.4, 0.5) is 11.4 Å². The summed E-state index contributed by atoms with van der Waals surface area (Å²) in [7, 11) is 3.03. The number of amides is 2. The molecule has 2 rings (SSSR count). The molecule has 26 heavy (non-hydrogen) atoms. The average molecular weight is 377 g/mol. The molecule has 0 saturated heterocycles. The zero-order valence-electron chi connectivity index (χ0n) is 15.1. The lowest BCUT2D eigenvalue weighted by Gasteiger charge is -2.23. The third-order valence-electron chi connectivity index (χ3n) is 3.89. The van der Waals surface area contributed by atoms with Gasteiger partial charge in [0.1, 0.15) is 16.9 Å². The summed E-state index contributed by atoms with van der Waals surface area (Å²) in [5, 5.41) is 6.00. The van der Waals surface area contributed by atoms with Crippen molar-refractivity contribution < 1.29 is 19.1 Å². The molecule has 0 aliphatic rings. The van der Waals surface area contributed by atoms with Gasteiger partial charge in [-0.3, -0.25) is 9.59 Å². The highest BCUT2D eigenvalue weighted by Gasteiger charge is 2.36. The Labute approximate surface area is 157 Å². The molecule has 138 valence electrons. The van der Waals surface area contributed by atoms with E-state index in [4.69, 9.17) is 21.1 Å². The van der Waals surface area contributed by atoms with Crippen LogP contribution in [0.15, 0.2) is 42.5 Å². The molecule has 0 unspecified atom stereocenters. The molecule has 0 spiro atoms. The Kier molecular flexibility index (Phi) is 6.10. The van der Waals surface area contributed by atoms with Gasteiger partial charge < -0.3 is 20.1 Å². The summed E-state index contributed by atoms with van der Waals surface area (Å²) in [6.07, 6.45) is 0. The fourth-order valence-corrected chi connectivity index (χ4v) is 2.23. The van der Waals surface area contributed by atoms with E-state index in [-0.39, 0.29) is 0 Å². The lowest BCUT2D eigenvalue weighted by atomic mass is 9.90. The van der Waals surface area contributed by atoms with E-state index >= 15 is 0 Å². The van der Waals surface area contributed by atoms with Crippen LogP contribution in [0.25, 0.3) is 0 Å². The maximum Gasteiger partial charge on any atom is 0.239 e. The Morgan fingerprint density at radius 3 is 2.12 bits per heavy atom. The average Bonchev–Trinajstić information content (AvgIpc) is 2.63. The number of methoxy groups -OCH3 is 2. The molecular weight excluding hydrogens is 356 g/mol. The Morgan fingerprint density at radius 1 is 0.923 bits per heavy atom. The zero-order valence-corrected chi connectivity index (χ0v) is 15.8. The van der Waals surface area contributed by atoms with Gasteiger partial charge in [0, 0.05) is 16.8 Å². The van der Waals surface area contributed by atoms with E-state index in [0.29, 0.717) is 27.9 Å². The first-order valence-corrected chi connectivity index (χ1v) is 8.26. The van der Waals surface area contributed by atoms with Gasteiger partial charge >= 0.3 is 0 Å². The SMILES string of the molecule is COc1ccc(NC(=O)C(C)(C)C(=O)Nc2ccc(Cl)cc2)c(OC)c1. The number of benzene rings is 2. The largest absolute Gasteiger partial charge is 0.497 e.